The maximum absolute atomic E-state index is 13.0. The van der Waals surface area contributed by atoms with Gasteiger partial charge in [-0.15, -0.1) is 4.91 Å². The maximum Gasteiger partial charge on any atom is 0.293 e. The first-order valence-corrected chi connectivity index (χ1v) is 3.70. The molecule has 1 rings (SSSR count). The Kier molecular flexibility index (Phi) is 3.16. The lowest BCUT2D eigenvalue weighted by Crippen LogP contribution is -2.07. The van der Waals surface area contributed by atoms with Gasteiger partial charge >= 0.3 is 0 Å². The molecule has 0 aliphatic rings. The van der Waals surface area contributed by atoms with Crippen molar-refractivity contribution in [2.24, 2.45) is 10.2 Å². The van der Waals surface area contributed by atoms with Crippen molar-refractivity contribution in [2.45, 2.75) is 0 Å². The van der Waals surface area contributed by atoms with Gasteiger partial charge in [-0.25, -0.2) is 14.4 Å². The second kappa shape index (κ2) is 4.35. The molecule has 1 aromatic rings. The highest BCUT2D eigenvalue weighted by Gasteiger charge is 2.04. The monoisotopic (exact) mass is 197 g/mol. The number of nitrogens with zero attached hydrogens (tertiary/aromatic N) is 5. The number of aliphatic imine (C=N–C) groups is 1. The lowest BCUT2D eigenvalue weighted by atomic mass is 10.5. The van der Waals surface area contributed by atoms with Gasteiger partial charge in [-0.05, 0) is 0 Å². The van der Waals surface area contributed by atoms with E-state index in [2.05, 4.69) is 20.1 Å². The molecule has 7 heteroatoms. The van der Waals surface area contributed by atoms with Crippen LogP contribution in [0.4, 0.5) is 16.2 Å². The molecular weight excluding hydrogens is 189 g/mol. The van der Waals surface area contributed by atoms with Crippen molar-refractivity contribution in [2.75, 3.05) is 14.1 Å². The molecule has 0 amide bonds. The second-order valence-electron chi connectivity index (χ2n) is 2.64. The van der Waals surface area contributed by atoms with Gasteiger partial charge in [-0.1, -0.05) is 0 Å². The van der Waals surface area contributed by atoms with E-state index in [1.807, 2.05) is 0 Å². The van der Waals surface area contributed by atoms with Gasteiger partial charge in [0.1, 0.15) is 0 Å². The lowest BCUT2D eigenvalue weighted by Gasteiger charge is -2.01. The summed E-state index contributed by atoms with van der Waals surface area (Å²) in [7, 11) is 3.45. The van der Waals surface area contributed by atoms with Crippen LogP contribution < -0.4 is 0 Å². The summed E-state index contributed by atoms with van der Waals surface area (Å²) in [5.74, 6) is -1.24. The number of halogens is 1. The third-order valence-corrected chi connectivity index (χ3v) is 1.21. The van der Waals surface area contributed by atoms with Crippen molar-refractivity contribution in [3.05, 3.63) is 16.9 Å². The topological polar surface area (TPSA) is 70.8 Å². The van der Waals surface area contributed by atoms with Crippen molar-refractivity contribution < 1.29 is 4.39 Å². The molecule has 0 saturated carbocycles. The van der Waals surface area contributed by atoms with Crippen LogP contribution in [-0.2, 0) is 0 Å². The second-order valence-corrected chi connectivity index (χ2v) is 2.64. The Labute approximate surface area is 79.5 Å². The Balaban J connectivity index is 3.00. The number of hydrogen-bond acceptors (Lipinski definition) is 5. The molecule has 74 valence electrons. The highest BCUT2D eigenvalue weighted by molar-refractivity contribution is 5.59. The molecule has 1 heterocycles. The molecule has 0 fully saturated rings. The van der Waals surface area contributed by atoms with Gasteiger partial charge in [-0.3, -0.25) is 0 Å². The van der Waals surface area contributed by atoms with Crippen LogP contribution in [0, 0.1) is 10.7 Å². The first-order valence-electron chi connectivity index (χ1n) is 3.70. The minimum Gasteiger partial charge on any atom is -0.369 e. The molecule has 0 N–H and O–H groups in total. The Hall–Kier alpha value is -1.92. The molecule has 0 radical (unpaired) electrons. The molecule has 0 spiro atoms. The number of aromatic nitrogens is 2. The van der Waals surface area contributed by atoms with E-state index in [4.69, 9.17) is 0 Å². The predicted octanol–water partition coefficient (Wildman–Crippen LogP) is 1.23. The van der Waals surface area contributed by atoms with Gasteiger partial charge in [0, 0.05) is 19.3 Å². The van der Waals surface area contributed by atoms with E-state index >= 15 is 0 Å². The van der Waals surface area contributed by atoms with E-state index in [9.17, 15) is 9.30 Å². The molecule has 0 aliphatic heterocycles. The summed E-state index contributed by atoms with van der Waals surface area (Å²) < 4.78 is 13.0. The van der Waals surface area contributed by atoms with Crippen LogP contribution in [-0.4, -0.2) is 35.3 Å². The fourth-order valence-corrected chi connectivity index (χ4v) is 0.654. The highest BCUT2D eigenvalue weighted by Crippen LogP contribution is 2.15. The third kappa shape index (κ3) is 2.54. The summed E-state index contributed by atoms with van der Waals surface area (Å²) >= 11 is 0. The van der Waals surface area contributed by atoms with Gasteiger partial charge in [0.05, 0.1) is 12.5 Å². The molecule has 0 atom stereocenters. The average molecular weight is 197 g/mol. The number of hydrogen-bond donors (Lipinski definition) is 0. The Morgan fingerprint density at radius 2 is 2.29 bits per heavy atom. The van der Waals surface area contributed by atoms with Crippen molar-refractivity contribution in [3.8, 4) is 0 Å². The van der Waals surface area contributed by atoms with E-state index in [-0.39, 0.29) is 11.8 Å². The summed E-state index contributed by atoms with van der Waals surface area (Å²) in [4.78, 5) is 22.1. The van der Waals surface area contributed by atoms with Gasteiger partial charge in [-0.2, -0.15) is 4.98 Å². The largest absolute Gasteiger partial charge is 0.369 e. The maximum atomic E-state index is 13.0. The molecule has 1 aromatic heterocycles. The first-order chi connectivity index (χ1) is 6.63. The van der Waals surface area contributed by atoms with E-state index in [0.717, 1.165) is 6.20 Å². The van der Waals surface area contributed by atoms with Gasteiger partial charge in [0.25, 0.3) is 5.95 Å². The zero-order chi connectivity index (χ0) is 10.6. The minimum absolute atomic E-state index is 0.205. The van der Waals surface area contributed by atoms with Crippen LogP contribution in [0.1, 0.15) is 0 Å². The van der Waals surface area contributed by atoms with E-state index < -0.39 is 5.82 Å². The van der Waals surface area contributed by atoms with Gasteiger partial charge in [0.2, 0.25) is 0 Å². The van der Waals surface area contributed by atoms with E-state index in [1.54, 1.807) is 19.0 Å². The Bertz CT molecular complexity index is 365. The average Bonchev–Trinajstić information content (AvgIpc) is 2.16. The van der Waals surface area contributed by atoms with Crippen LogP contribution >= 0.6 is 0 Å². The number of nitroso groups, excluding NO2 is 1. The summed E-state index contributed by atoms with van der Waals surface area (Å²) in [5, 5.41) is 2.47. The molecular formula is C7H8FN5O. The van der Waals surface area contributed by atoms with Crippen molar-refractivity contribution in [3.63, 3.8) is 0 Å². The highest BCUT2D eigenvalue weighted by atomic mass is 19.1. The normalized spacial score (nSPS) is 10.5. The molecule has 0 aromatic carbocycles. The molecule has 14 heavy (non-hydrogen) atoms. The SMILES string of the molecule is CN(C)C=Nc1nc(N=O)ncc1F. The van der Waals surface area contributed by atoms with Crippen molar-refractivity contribution >= 4 is 18.1 Å². The summed E-state index contributed by atoms with van der Waals surface area (Å²) in [6.45, 7) is 0. The van der Waals surface area contributed by atoms with Gasteiger partial charge in [0.15, 0.2) is 11.6 Å². The lowest BCUT2D eigenvalue weighted by molar-refractivity contribution is 0.612. The van der Waals surface area contributed by atoms with Crippen LogP contribution in [0.2, 0.25) is 0 Å². The molecule has 0 bridgehead atoms. The van der Waals surface area contributed by atoms with Crippen molar-refractivity contribution in [1.82, 2.24) is 14.9 Å². The minimum atomic E-state index is -0.699. The number of rotatable bonds is 3. The van der Waals surface area contributed by atoms with E-state index in [0.29, 0.717) is 0 Å². The van der Waals surface area contributed by atoms with Crippen LogP contribution in [0.25, 0.3) is 0 Å². The zero-order valence-electron chi connectivity index (χ0n) is 7.68. The predicted molar refractivity (Wildman–Crippen MR) is 49.3 cm³/mol. The Morgan fingerprint density at radius 1 is 1.57 bits per heavy atom. The first kappa shape index (κ1) is 10.2. The summed E-state index contributed by atoms with van der Waals surface area (Å²) in [5.41, 5.74) is 0. The third-order valence-electron chi connectivity index (χ3n) is 1.21. The molecule has 0 aliphatic carbocycles. The van der Waals surface area contributed by atoms with Crippen LogP contribution in [0.5, 0.6) is 0 Å². The quantitative estimate of drug-likeness (QED) is 0.415. The molecule has 0 saturated heterocycles. The Morgan fingerprint density at radius 3 is 2.86 bits per heavy atom. The van der Waals surface area contributed by atoms with E-state index in [1.165, 1.54) is 6.34 Å². The molecule has 0 unspecified atom stereocenters. The fourth-order valence-electron chi connectivity index (χ4n) is 0.654. The molecule has 6 nitrogen and oxygen atoms in total. The van der Waals surface area contributed by atoms with Crippen LogP contribution in [0.3, 0.4) is 0 Å². The summed E-state index contributed by atoms with van der Waals surface area (Å²) in [6, 6.07) is 0. The van der Waals surface area contributed by atoms with Gasteiger partial charge < -0.3 is 4.90 Å². The van der Waals surface area contributed by atoms with Crippen LogP contribution in [0.15, 0.2) is 16.4 Å². The standard InChI is InChI=1S/C7H8FN5O/c1-13(2)4-10-6-5(8)3-9-7(11-6)12-14/h3-4H,1-2H3. The fraction of sp³-hybridized carbons (Fsp3) is 0.286. The smallest absolute Gasteiger partial charge is 0.293 e. The van der Waals surface area contributed by atoms with Crippen molar-refractivity contribution in [1.29, 1.82) is 0 Å². The summed E-state index contributed by atoms with van der Waals surface area (Å²) in [6.07, 6.45) is 2.21. The zero-order valence-corrected chi connectivity index (χ0v) is 7.68.